The molecule has 0 aliphatic carbocycles. The second kappa shape index (κ2) is 3.51. The van der Waals surface area contributed by atoms with Crippen molar-refractivity contribution in [2.45, 2.75) is 12.6 Å². The third kappa shape index (κ3) is 3.18. The van der Waals surface area contributed by atoms with Crippen LogP contribution in [0.5, 0.6) is 0 Å². The summed E-state index contributed by atoms with van der Waals surface area (Å²) >= 11 is 0. The molecule has 1 aromatic rings. The number of alkyl halides is 3. The van der Waals surface area contributed by atoms with Gasteiger partial charge in [-0.2, -0.15) is 13.2 Å². The van der Waals surface area contributed by atoms with E-state index in [9.17, 15) is 18.0 Å². The molecular formula is C7H5F3N2O. The van der Waals surface area contributed by atoms with Gasteiger partial charge >= 0.3 is 6.18 Å². The van der Waals surface area contributed by atoms with E-state index in [0.29, 0.717) is 0 Å². The summed E-state index contributed by atoms with van der Waals surface area (Å²) in [7, 11) is 0. The lowest BCUT2D eigenvalue weighted by Gasteiger charge is -2.03. The van der Waals surface area contributed by atoms with Crippen LogP contribution >= 0.6 is 0 Å². The monoisotopic (exact) mass is 190 g/mol. The van der Waals surface area contributed by atoms with Crippen LogP contribution in [0.25, 0.3) is 0 Å². The fourth-order valence-corrected chi connectivity index (χ4v) is 0.716. The minimum absolute atomic E-state index is 0.264. The Morgan fingerprint density at radius 1 is 1.38 bits per heavy atom. The van der Waals surface area contributed by atoms with Crippen molar-refractivity contribution in [3.63, 3.8) is 0 Å². The van der Waals surface area contributed by atoms with Crippen molar-refractivity contribution in [1.82, 2.24) is 9.97 Å². The molecule has 1 heterocycles. The number of carbonyl (C=O) groups excluding carboxylic acids is 1. The molecule has 0 spiro atoms. The Balaban J connectivity index is 2.71. The molecule has 13 heavy (non-hydrogen) atoms. The minimum Gasteiger partial charge on any atom is -0.292 e. The van der Waals surface area contributed by atoms with E-state index in [4.69, 9.17) is 0 Å². The molecule has 0 amide bonds. The molecule has 0 N–H and O–H groups in total. The number of rotatable bonds is 2. The number of hydrogen-bond acceptors (Lipinski definition) is 3. The topological polar surface area (TPSA) is 42.9 Å². The van der Waals surface area contributed by atoms with E-state index in [0.717, 1.165) is 6.20 Å². The number of ketones is 1. The Kier molecular flexibility index (Phi) is 2.60. The molecule has 0 bridgehead atoms. The highest BCUT2D eigenvalue weighted by Crippen LogP contribution is 2.21. The average Bonchev–Trinajstić information content (AvgIpc) is 2.03. The van der Waals surface area contributed by atoms with Crippen LogP contribution in [-0.4, -0.2) is 21.9 Å². The molecule has 0 aromatic carbocycles. The van der Waals surface area contributed by atoms with Crippen molar-refractivity contribution in [3.05, 3.63) is 24.3 Å². The number of Topliss-reactive ketones (excluding diaryl/α,β-unsaturated/α-hetero) is 1. The van der Waals surface area contributed by atoms with Crippen LogP contribution in [0.3, 0.4) is 0 Å². The summed E-state index contributed by atoms with van der Waals surface area (Å²) in [4.78, 5) is 17.8. The van der Waals surface area contributed by atoms with Gasteiger partial charge in [0.2, 0.25) is 0 Å². The minimum atomic E-state index is -4.49. The van der Waals surface area contributed by atoms with Crippen molar-refractivity contribution < 1.29 is 18.0 Å². The van der Waals surface area contributed by atoms with E-state index < -0.39 is 18.4 Å². The average molecular weight is 190 g/mol. The van der Waals surface area contributed by atoms with Crippen LogP contribution < -0.4 is 0 Å². The highest BCUT2D eigenvalue weighted by atomic mass is 19.4. The van der Waals surface area contributed by atoms with Crippen LogP contribution in [0.1, 0.15) is 16.9 Å². The van der Waals surface area contributed by atoms with Gasteiger partial charge in [-0.3, -0.25) is 9.78 Å². The van der Waals surface area contributed by atoms with Crippen molar-refractivity contribution in [2.75, 3.05) is 0 Å². The summed E-state index contributed by atoms with van der Waals surface area (Å²) in [5.74, 6) is -1.07. The second-order valence-electron chi connectivity index (χ2n) is 2.31. The predicted octanol–water partition coefficient (Wildman–Crippen LogP) is 1.61. The fourth-order valence-electron chi connectivity index (χ4n) is 0.716. The molecule has 0 atom stereocenters. The SMILES string of the molecule is O=C(CC(F)(F)F)c1cnccn1. The summed E-state index contributed by atoms with van der Waals surface area (Å²) in [6, 6.07) is 0. The molecule has 3 nitrogen and oxygen atoms in total. The van der Waals surface area contributed by atoms with Gasteiger partial charge in [-0.15, -0.1) is 0 Å². The first-order valence-corrected chi connectivity index (χ1v) is 3.35. The maximum Gasteiger partial charge on any atom is 0.396 e. The number of hydrogen-bond donors (Lipinski definition) is 0. The molecule has 6 heteroatoms. The van der Waals surface area contributed by atoms with Crippen molar-refractivity contribution in [1.29, 1.82) is 0 Å². The van der Waals surface area contributed by atoms with Crippen LogP contribution in [0.15, 0.2) is 18.6 Å². The van der Waals surface area contributed by atoms with E-state index in [1.807, 2.05) is 0 Å². The van der Waals surface area contributed by atoms with Crippen molar-refractivity contribution in [3.8, 4) is 0 Å². The van der Waals surface area contributed by atoms with Crippen LogP contribution in [0.4, 0.5) is 13.2 Å². The molecule has 1 rings (SSSR count). The lowest BCUT2D eigenvalue weighted by molar-refractivity contribution is -0.125. The molecule has 0 fully saturated rings. The summed E-state index contributed by atoms with van der Waals surface area (Å²) < 4.78 is 35.2. The maximum absolute atomic E-state index is 11.7. The lowest BCUT2D eigenvalue weighted by atomic mass is 10.2. The Morgan fingerprint density at radius 2 is 2.08 bits per heavy atom. The summed E-state index contributed by atoms with van der Waals surface area (Å²) in [5.41, 5.74) is -0.264. The van der Waals surface area contributed by atoms with Crippen molar-refractivity contribution >= 4 is 5.78 Å². The van der Waals surface area contributed by atoms with Gasteiger partial charge in [0.15, 0.2) is 5.78 Å². The van der Waals surface area contributed by atoms with Gasteiger partial charge in [0.25, 0.3) is 0 Å². The van der Waals surface area contributed by atoms with Gasteiger partial charge in [-0.05, 0) is 0 Å². The van der Waals surface area contributed by atoms with Gasteiger partial charge in [0.1, 0.15) is 12.1 Å². The third-order valence-electron chi connectivity index (χ3n) is 1.21. The van der Waals surface area contributed by atoms with E-state index in [1.165, 1.54) is 12.4 Å². The summed E-state index contributed by atoms with van der Waals surface area (Å²) in [5, 5.41) is 0. The van der Waals surface area contributed by atoms with Crippen LogP contribution in [0, 0.1) is 0 Å². The number of carbonyl (C=O) groups is 1. The zero-order valence-electron chi connectivity index (χ0n) is 6.38. The zero-order chi connectivity index (χ0) is 9.90. The molecule has 0 radical (unpaired) electrons. The zero-order valence-corrected chi connectivity index (χ0v) is 6.38. The van der Waals surface area contributed by atoms with Gasteiger partial charge in [-0.25, -0.2) is 4.98 Å². The van der Waals surface area contributed by atoms with E-state index in [2.05, 4.69) is 9.97 Å². The van der Waals surface area contributed by atoms with E-state index >= 15 is 0 Å². The number of aromatic nitrogens is 2. The highest BCUT2D eigenvalue weighted by Gasteiger charge is 2.32. The molecule has 0 saturated heterocycles. The molecule has 0 aliphatic heterocycles. The molecular weight excluding hydrogens is 185 g/mol. The smallest absolute Gasteiger partial charge is 0.292 e. The van der Waals surface area contributed by atoms with Gasteiger partial charge in [0, 0.05) is 12.4 Å². The normalized spacial score (nSPS) is 11.3. The molecule has 1 aromatic heterocycles. The Bertz CT molecular complexity index is 296. The third-order valence-corrected chi connectivity index (χ3v) is 1.21. The predicted molar refractivity (Wildman–Crippen MR) is 37.0 cm³/mol. The summed E-state index contributed by atoms with van der Waals surface area (Å²) in [6.45, 7) is 0. The standard InChI is InChI=1S/C7H5F3N2O/c8-7(9,10)3-6(13)5-4-11-1-2-12-5/h1-2,4H,3H2. The van der Waals surface area contributed by atoms with Gasteiger partial charge in [0.05, 0.1) is 6.20 Å². The molecule has 0 saturated carbocycles. The quantitative estimate of drug-likeness (QED) is 0.665. The fraction of sp³-hybridized carbons (Fsp3) is 0.286. The largest absolute Gasteiger partial charge is 0.396 e. The van der Waals surface area contributed by atoms with E-state index in [-0.39, 0.29) is 5.69 Å². The first-order valence-electron chi connectivity index (χ1n) is 3.35. The Hall–Kier alpha value is -1.46. The highest BCUT2D eigenvalue weighted by molar-refractivity contribution is 5.94. The second-order valence-corrected chi connectivity index (χ2v) is 2.31. The van der Waals surface area contributed by atoms with Crippen molar-refractivity contribution in [2.24, 2.45) is 0 Å². The summed E-state index contributed by atoms with van der Waals surface area (Å²) in [6.07, 6.45) is -2.53. The number of nitrogens with zero attached hydrogens (tertiary/aromatic N) is 2. The van der Waals surface area contributed by atoms with Gasteiger partial charge in [-0.1, -0.05) is 0 Å². The van der Waals surface area contributed by atoms with Gasteiger partial charge < -0.3 is 0 Å². The number of halogens is 3. The van der Waals surface area contributed by atoms with Crippen LogP contribution in [-0.2, 0) is 0 Å². The molecule has 0 unspecified atom stereocenters. The maximum atomic E-state index is 11.7. The first kappa shape index (κ1) is 9.63. The Labute approximate surface area is 71.6 Å². The van der Waals surface area contributed by atoms with E-state index in [1.54, 1.807) is 0 Å². The lowest BCUT2D eigenvalue weighted by Crippen LogP contribution is -2.15. The molecule has 0 aliphatic rings. The first-order chi connectivity index (χ1) is 5.99. The molecule has 70 valence electrons. The van der Waals surface area contributed by atoms with Crippen LogP contribution in [0.2, 0.25) is 0 Å². The Morgan fingerprint density at radius 3 is 2.54 bits per heavy atom.